The highest BCUT2D eigenvalue weighted by Crippen LogP contribution is 2.17. The van der Waals surface area contributed by atoms with Gasteiger partial charge in [-0.25, -0.2) is 9.78 Å². The molecular weight excluding hydrogens is 264 g/mol. The lowest BCUT2D eigenvalue weighted by Gasteiger charge is -2.20. The van der Waals surface area contributed by atoms with E-state index in [9.17, 15) is 4.79 Å². The van der Waals surface area contributed by atoms with E-state index in [4.69, 9.17) is 0 Å². The SMILES string of the molecule is O=C(Nc1nc2ccccc2[nH]1)NC1CCCCCCC1. The molecule has 112 valence electrons. The Morgan fingerprint density at radius 1 is 1.10 bits per heavy atom. The minimum Gasteiger partial charge on any atom is -0.335 e. The highest BCUT2D eigenvalue weighted by atomic mass is 16.2. The van der Waals surface area contributed by atoms with Crippen molar-refractivity contribution in [3.05, 3.63) is 24.3 Å². The first-order chi connectivity index (χ1) is 10.3. The highest BCUT2D eigenvalue weighted by molar-refractivity contribution is 5.89. The number of imidazole rings is 1. The van der Waals surface area contributed by atoms with Crippen molar-refractivity contribution in [2.45, 2.75) is 51.0 Å². The number of anilines is 1. The molecule has 21 heavy (non-hydrogen) atoms. The first kappa shape index (κ1) is 13.9. The molecule has 1 aliphatic carbocycles. The van der Waals surface area contributed by atoms with Crippen molar-refractivity contribution in [3.63, 3.8) is 0 Å². The number of aromatic nitrogens is 2. The maximum atomic E-state index is 12.1. The molecule has 1 fully saturated rings. The molecule has 2 amide bonds. The smallest absolute Gasteiger partial charge is 0.321 e. The van der Waals surface area contributed by atoms with Crippen LogP contribution < -0.4 is 10.6 Å². The molecule has 0 saturated heterocycles. The molecule has 0 spiro atoms. The van der Waals surface area contributed by atoms with Crippen LogP contribution in [0.15, 0.2) is 24.3 Å². The topological polar surface area (TPSA) is 69.8 Å². The van der Waals surface area contributed by atoms with Crippen molar-refractivity contribution in [2.75, 3.05) is 5.32 Å². The van der Waals surface area contributed by atoms with Crippen LogP contribution in [0.5, 0.6) is 0 Å². The lowest BCUT2D eigenvalue weighted by atomic mass is 9.97. The summed E-state index contributed by atoms with van der Waals surface area (Å²) >= 11 is 0. The molecule has 2 aromatic rings. The molecule has 1 saturated carbocycles. The van der Waals surface area contributed by atoms with Crippen LogP contribution in [0.1, 0.15) is 44.9 Å². The minimum absolute atomic E-state index is 0.167. The van der Waals surface area contributed by atoms with Crippen LogP contribution in [0.4, 0.5) is 10.7 Å². The fraction of sp³-hybridized carbons (Fsp3) is 0.500. The number of H-pyrrole nitrogens is 1. The zero-order chi connectivity index (χ0) is 14.5. The standard InChI is InChI=1S/C16H22N4O/c21-16(17-12-8-4-2-1-3-5-9-12)20-15-18-13-10-6-7-11-14(13)19-15/h6-7,10-12H,1-5,8-9H2,(H3,17,18,19,20,21). The van der Waals surface area contributed by atoms with Gasteiger partial charge < -0.3 is 10.3 Å². The summed E-state index contributed by atoms with van der Waals surface area (Å²) in [4.78, 5) is 19.5. The Hall–Kier alpha value is -2.04. The molecule has 3 rings (SSSR count). The lowest BCUT2D eigenvalue weighted by Crippen LogP contribution is -2.38. The first-order valence-corrected chi connectivity index (χ1v) is 7.83. The predicted octanol–water partition coefficient (Wildman–Crippen LogP) is 3.80. The van der Waals surface area contributed by atoms with Gasteiger partial charge in [0.25, 0.3) is 0 Å². The molecule has 1 heterocycles. The average Bonchev–Trinajstić information content (AvgIpc) is 2.83. The summed E-state index contributed by atoms with van der Waals surface area (Å²) in [5, 5.41) is 5.87. The second-order valence-electron chi connectivity index (χ2n) is 5.74. The highest BCUT2D eigenvalue weighted by Gasteiger charge is 2.14. The molecule has 1 aromatic heterocycles. The number of amides is 2. The molecule has 0 aliphatic heterocycles. The molecule has 0 atom stereocenters. The fourth-order valence-corrected chi connectivity index (χ4v) is 2.94. The number of benzene rings is 1. The number of para-hydroxylation sites is 2. The Labute approximate surface area is 124 Å². The van der Waals surface area contributed by atoms with E-state index in [0.29, 0.717) is 5.95 Å². The van der Waals surface area contributed by atoms with Crippen molar-refractivity contribution in [1.29, 1.82) is 0 Å². The molecular formula is C16H22N4O. The van der Waals surface area contributed by atoms with Gasteiger partial charge in [0.2, 0.25) is 5.95 Å². The lowest BCUT2D eigenvalue weighted by molar-refractivity contribution is 0.245. The Kier molecular flexibility index (Phi) is 4.38. The normalized spacial score (nSPS) is 17.1. The third kappa shape index (κ3) is 3.74. The van der Waals surface area contributed by atoms with Gasteiger partial charge in [-0.1, -0.05) is 44.2 Å². The van der Waals surface area contributed by atoms with Gasteiger partial charge in [0.05, 0.1) is 11.0 Å². The van der Waals surface area contributed by atoms with E-state index >= 15 is 0 Å². The van der Waals surface area contributed by atoms with E-state index in [2.05, 4.69) is 20.6 Å². The molecule has 0 bridgehead atoms. The number of aromatic amines is 1. The Balaban J connectivity index is 1.57. The summed E-state index contributed by atoms with van der Waals surface area (Å²) in [5.74, 6) is 0.500. The Bertz CT molecular complexity index is 566. The minimum atomic E-state index is -0.167. The molecule has 0 radical (unpaired) electrons. The van der Waals surface area contributed by atoms with Gasteiger partial charge in [0, 0.05) is 6.04 Å². The average molecular weight is 286 g/mol. The van der Waals surface area contributed by atoms with Crippen molar-refractivity contribution < 1.29 is 4.79 Å². The predicted molar refractivity (Wildman–Crippen MR) is 84.4 cm³/mol. The van der Waals surface area contributed by atoms with E-state index in [0.717, 1.165) is 23.9 Å². The summed E-state index contributed by atoms with van der Waals surface area (Å²) in [6.45, 7) is 0. The van der Waals surface area contributed by atoms with Crippen LogP contribution in [0.2, 0.25) is 0 Å². The summed E-state index contributed by atoms with van der Waals surface area (Å²) in [5.41, 5.74) is 1.79. The molecule has 3 N–H and O–H groups in total. The van der Waals surface area contributed by atoms with E-state index in [1.807, 2.05) is 24.3 Å². The number of hydrogen-bond acceptors (Lipinski definition) is 2. The number of nitrogens with zero attached hydrogens (tertiary/aromatic N) is 1. The zero-order valence-electron chi connectivity index (χ0n) is 12.2. The van der Waals surface area contributed by atoms with Crippen LogP contribution in [0, 0.1) is 0 Å². The van der Waals surface area contributed by atoms with Gasteiger partial charge in [-0.05, 0) is 25.0 Å². The van der Waals surface area contributed by atoms with Crippen molar-refractivity contribution in [2.24, 2.45) is 0 Å². The van der Waals surface area contributed by atoms with Crippen molar-refractivity contribution in [3.8, 4) is 0 Å². The largest absolute Gasteiger partial charge is 0.335 e. The quantitative estimate of drug-likeness (QED) is 0.786. The van der Waals surface area contributed by atoms with Crippen LogP contribution in [-0.2, 0) is 0 Å². The van der Waals surface area contributed by atoms with E-state index in [-0.39, 0.29) is 12.1 Å². The van der Waals surface area contributed by atoms with E-state index in [1.54, 1.807) is 0 Å². The van der Waals surface area contributed by atoms with Gasteiger partial charge in [-0.15, -0.1) is 0 Å². The number of nitrogens with one attached hydrogen (secondary N) is 3. The number of fused-ring (bicyclic) bond motifs is 1. The number of urea groups is 1. The first-order valence-electron chi connectivity index (χ1n) is 7.83. The van der Waals surface area contributed by atoms with Crippen LogP contribution in [0.25, 0.3) is 11.0 Å². The summed E-state index contributed by atoms with van der Waals surface area (Å²) in [7, 11) is 0. The third-order valence-electron chi connectivity index (χ3n) is 4.06. The second-order valence-corrected chi connectivity index (χ2v) is 5.74. The Morgan fingerprint density at radius 2 is 1.81 bits per heavy atom. The Morgan fingerprint density at radius 3 is 2.57 bits per heavy atom. The number of rotatable bonds is 2. The van der Waals surface area contributed by atoms with Gasteiger partial charge >= 0.3 is 6.03 Å². The van der Waals surface area contributed by atoms with Gasteiger partial charge in [0.1, 0.15) is 0 Å². The van der Waals surface area contributed by atoms with Crippen LogP contribution in [-0.4, -0.2) is 22.0 Å². The zero-order valence-corrected chi connectivity index (χ0v) is 12.2. The van der Waals surface area contributed by atoms with Gasteiger partial charge in [0.15, 0.2) is 0 Å². The van der Waals surface area contributed by atoms with E-state index in [1.165, 1.54) is 32.1 Å². The van der Waals surface area contributed by atoms with E-state index < -0.39 is 0 Å². The number of carbonyl (C=O) groups is 1. The van der Waals surface area contributed by atoms with Crippen molar-refractivity contribution >= 4 is 23.0 Å². The van der Waals surface area contributed by atoms with Crippen molar-refractivity contribution in [1.82, 2.24) is 15.3 Å². The molecule has 0 unspecified atom stereocenters. The third-order valence-corrected chi connectivity index (χ3v) is 4.06. The monoisotopic (exact) mass is 286 g/mol. The van der Waals surface area contributed by atoms with Gasteiger partial charge in [-0.3, -0.25) is 5.32 Å². The number of hydrogen-bond donors (Lipinski definition) is 3. The molecule has 1 aliphatic rings. The molecule has 5 nitrogen and oxygen atoms in total. The maximum Gasteiger partial charge on any atom is 0.321 e. The summed E-state index contributed by atoms with van der Waals surface area (Å²) in [6.07, 6.45) is 8.46. The van der Waals surface area contributed by atoms with Crippen LogP contribution in [0.3, 0.4) is 0 Å². The van der Waals surface area contributed by atoms with Gasteiger partial charge in [-0.2, -0.15) is 0 Å². The molecule has 1 aromatic carbocycles. The van der Waals surface area contributed by atoms with Crippen LogP contribution >= 0.6 is 0 Å². The number of carbonyl (C=O) groups excluding carboxylic acids is 1. The maximum absolute atomic E-state index is 12.1. The molecule has 5 heteroatoms. The fourth-order valence-electron chi connectivity index (χ4n) is 2.94. The second kappa shape index (κ2) is 6.61. The summed E-state index contributed by atoms with van der Waals surface area (Å²) in [6, 6.07) is 7.86. The summed E-state index contributed by atoms with van der Waals surface area (Å²) < 4.78 is 0.